The highest BCUT2D eigenvalue weighted by atomic mass is 16.5. The lowest BCUT2D eigenvalue weighted by atomic mass is 9.99. The average molecular weight is 380 g/mol. The lowest BCUT2D eigenvalue weighted by molar-refractivity contribution is -0.123. The molecule has 1 N–H and O–H groups in total. The predicted octanol–water partition coefficient (Wildman–Crippen LogP) is 2.68. The van der Waals surface area contributed by atoms with Gasteiger partial charge in [-0.2, -0.15) is 0 Å². The first kappa shape index (κ1) is 18.3. The van der Waals surface area contributed by atoms with Crippen molar-refractivity contribution in [3.63, 3.8) is 0 Å². The summed E-state index contributed by atoms with van der Waals surface area (Å²) in [5.74, 6) is 1.12. The Balaban J connectivity index is 1.38. The van der Waals surface area contributed by atoms with Crippen molar-refractivity contribution in [3.05, 3.63) is 42.6 Å². The molecule has 0 radical (unpaired) electrons. The van der Waals surface area contributed by atoms with Gasteiger partial charge in [0, 0.05) is 30.7 Å². The highest BCUT2D eigenvalue weighted by Crippen LogP contribution is 2.29. The van der Waals surface area contributed by atoms with Crippen molar-refractivity contribution in [2.24, 2.45) is 5.92 Å². The van der Waals surface area contributed by atoms with E-state index in [2.05, 4.69) is 22.1 Å². The molecule has 2 amide bonds. The van der Waals surface area contributed by atoms with Crippen LogP contribution in [0, 0.1) is 5.92 Å². The normalized spacial score (nSPS) is 17.1. The number of piperidine rings is 1. The monoisotopic (exact) mass is 380 g/mol. The van der Waals surface area contributed by atoms with Crippen molar-refractivity contribution in [2.75, 3.05) is 41.4 Å². The van der Waals surface area contributed by atoms with Gasteiger partial charge in [-0.05, 0) is 55.2 Å². The molecule has 0 aliphatic carbocycles. The SMILES string of the molecule is CC1CCN(c2ccc(NC(=O)CN3C(=O)COc4cccnc43)cc2)CC1. The van der Waals surface area contributed by atoms with Crippen molar-refractivity contribution in [3.8, 4) is 5.75 Å². The molecule has 28 heavy (non-hydrogen) atoms. The Bertz CT molecular complexity index is 860. The van der Waals surface area contributed by atoms with Gasteiger partial charge in [-0.25, -0.2) is 4.98 Å². The van der Waals surface area contributed by atoms with Crippen molar-refractivity contribution >= 4 is 29.0 Å². The van der Waals surface area contributed by atoms with Crippen molar-refractivity contribution in [2.45, 2.75) is 19.8 Å². The van der Waals surface area contributed by atoms with Crippen LogP contribution in [0.3, 0.4) is 0 Å². The number of carbonyl (C=O) groups is 2. The second-order valence-corrected chi connectivity index (χ2v) is 7.36. The zero-order chi connectivity index (χ0) is 19.5. The number of carbonyl (C=O) groups excluding carboxylic acids is 2. The van der Waals surface area contributed by atoms with E-state index in [-0.39, 0.29) is 25.0 Å². The molecule has 0 spiro atoms. The minimum Gasteiger partial charge on any atom is -0.480 e. The van der Waals surface area contributed by atoms with E-state index in [1.54, 1.807) is 18.3 Å². The number of hydrogen-bond donors (Lipinski definition) is 1. The number of nitrogens with zero attached hydrogens (tertiary/aromatic N) is 3. The maximum atomic E-state index is 12.5. The number of hydrogen-bond acceptors (Lipinski definition) is 5. The molecule has 1 aromatic heterocycles. The van der Waals surface area contributed by atoms with Crippen LogP contribution in [0.2, 0.25) is 0 Å². The van der Waals surface area contributed by atoms with Crippen molar-refractivity contribution < 1.29 is 14.3 Å². The summed E-state index contributed by atoms with van der Waals surface area (Å²) >= 11 is 0. The maximum absolute atomic E-state index is 12.5. The molecule has 0 saturated carbocycles. The number of aromatic nitrogens is 1. The second-order valence-electron chi connectivity index (χ2n) is 7.36. The van der Waals surface area contributed by atoms with Gasteiger partial charge in [0.25, 0.3) is 5.91 Å². The van der Waals surface area contributed by atoms with Gasteiger partial charge in [-0.1, -0.05) is 6.92 Å². The van der Waals surface area contributed by atoms with Gasteiger partial charge in [0.2, 0.25) is 5.91 Å². The Morgan fingerprint density at radius 1 is 1.21 bits per heavy atom. The third-order valence-corrected chi connectivity index (χ3v) is 5.26. The molecular weight excluding hydrogens is 356 g/mol. The molecule has 0 unspecified atom stereocenters. The Morgan fingerprint density at radius 2 is 1.96 bits per heavy atom. The molecular formula is C21H24N4O3. The molecule has 1 aromatic carbocycles. The molecule has 0 bridgehead atoms. The molecule has 7 nitrogen and oxygen atoms in total. The average Bonchev–Trinajstić information content (AvgIpc) is 2.71. The number of ether oxygens (including phenoxy) is 1. The topological polar surface area (TPSA) is 74.8 Å². The van der Waals surface area contributed by atoms with Crippen LogP contribution in [0.1, 0.15) is 19.8 Å². The molecule has 2 aliphatic rings. The van der Waals surface area contributed by atoms with E-state index in [4.69, 9.17) is 4.74 Å². The fourth-order valence-electron chi connectivity index (χ4n) is 3.56. The minimum atomic E-state index is -0.281. The lowest BCUT2D eigenvalue weighted by Crippen LogP contribution is -2.43. The maximum Gasteiger partial charge on any atom is 0.266 e. The molecule has 3 heterocycles. The third-order valence-electron chi connectivity index (χ3n) is 5.26. The molecule has 0 atom stereocenters. The fourth-order valence-corrected chi connectivity index (χ4v) is 3.56. The van der Waals surface area contributed by atoms with E-state index in [1.807, 2.05) is 24.3 Å². The quantitative estimate of drug-likeness (QED) is 0.883. The first-order valence-electron chi connectivity index (χ1n) is 9.63. The molecule has 1 fully saturated rings. The summed E-state index contributed by atoms with van der Waals surface area (Å²) in [6.45, 7) is 4.24. The van der Waals surface area contributed by atoms with Gasteiger partial charge < -0.3 is 15.0 Å². The van der Waals surface area contributed by atoms with Gasteiger partial charge in [-0.15, -0.1) is 0 Å². The van der Waals surface area contributed by atoms with E-state index in [0.29, 0.717) is 17.3 Å². The smallest absolute Gasteiger partial charge is 0.266 e. The number of rotatable bonds is 4. The van der Waals surface area contributed by atoms with Crippen LogP contribution in [0.25, 0.3) is 0 Å². The van der Waals surface area contributed by atoms with Gasteiger partial charge in [0.05, 0.1) is 0 Å². The Kier molecular flexibility index (Phi) is 5.14. The number of nitrogens with one attached hydrogen (secondary N) is 1. The summed E-state index contributed by atoms with van der Waals surface area (Å²) < 4.78 is 5.35. The van der Waals surface area contributed by atoms with Gasteiger partial charge in [-0.3, -0.25) is 14.5 Å². The van der Waals surface area contributed by atoms with Crippen LogP contribution < -0.4 is 19.9 Å². The number of benzene rings is 1. The van der Waals surface area contributed by atoms with Crippen LogP contribution >= 0.6 is 0 Å². The summed E-state index contributed by atoms with van der Waals surface area (Å²) in [7, 11) is 0. The summed E-state index contributed by atoms with van der Waals surface area (Å²) in [5, 5.41) is 2.86. The molecule has 2 aliphatic heterocycles. The highest BCUT2D eigenvalue weighted by molar-refractivity contribution is 6.04. The van der Waals surface area contributed by atoms with E-state index in [9.17, 15) is 9.59 Å². The van der Waals surface area contributed by atoms with E-state index < -0.39 is 0 Å². The second kappa shape index (κ2) is 7.88. The Morgan fingerprint density at radius 3 is 2.71 bits per heavy atom. The first-order chi connectivity index (χ1) is 13.6. The zero-order valence-electron chi connectivity index (χ0n) is 15.9. The third kappa shape index (κ3) is 3.93. The largest absolute Gasteiger partial charge is 0.480 e. The van der Waals surface area contributed by atoms with Crippen LogP contribution in [0.15, 0.2) is 42.6 Å². The van der Waals surface area contributed by atoms with E-state index in [0.717, 1.165) is 19.0 Å². The van der Waals surface area contributed by atoms with Crippen molar-refractivity contribution in [1.82, 2.24) is 4.98 Å². The molecule has 4 rings (SSSR count). The van der Waals surface area contributed by atoms with E-state index >= 15 is 0 Å². The first-order valence-corrected chi connectivity index (χ1v) is 9.63. The fraction of sp³-hybridized carbons (Fsp3) is 0.381. The standard InChI is InChI=1S/C21H24N4O3/c1-15-8-11-24(12-9-15)17-6-4-16(5-7-17)23-19(26)13-25-20(27)14-28-18-3-2-10-22-21(18)25/h2-7,10,15H,8-9,11-14H2,1H3,(H,23,26). The van der Waals surface area contributed by atoms with E-state index in [1.165, 1.54) is 23.4 Å². The van der Waals surface area contributed by atoms with Gasteiger partial charge in [0.1, 0.15) is 6.54 Å². The van der Waals surface area contributed by atoms with Gasteiger partial charge in [0.15, 0.2) is 18.2 Å². The summed E-state index contributed by atoms with van der Waals surface area (Å²) in [6.07, 6.45) is 3.99. The number of amides is 2. The van der Waals surface area contributed by atoms with Crippen LogP contribution in [-0.4, -0.2) is 43.0 Å². The number of pyridine rings is 1. The molecule has 7 heteroatoms. The minimum absolute atomic E-state index is 0.0882. The van der Waals surface area contributed by atoms with Gasteiger partial charge >= 0.3 is 0 Å². The summed E-state index contributed by atoms with van der Waals surface area (Å²) in [5.41, 5.74) is 1.88. The highest BCUT2D eigenvalue weighted by Gasteiger charge is 2.28. The van der Waals surface area contributed by atoms with Crippen LogP contribution in [0.5, 0.6) is 5.75 Å². The predicted molar refractivity (Wildman–Crippen MR) is 108 cm³/mol. The zero-order valence-corrected chi connectivity index (χ0v) is 15.9. The lowest BCUT2D eigenvalue weighted by Gasteiger charge is -2.32. The van der Waals surface area contributed by atoms with Crippen LogP contribution in [0.4, 0.5) is 17.2 Å². The Hall–Kier alpha value is -3.09. The number of fused-ring (bicyclic) bond motifs is 1. The Labute approximate surface area is 164 Å². The summed E-state index contributed by atoms with van der Waals surface area (Å²) in [6, 6.07) is 11.3. The van der Waals surface area contributed by atoms with Crippen LogP contribution in [-0.2, 0) is 9.59 Å². The molecule has 146 valence electrons. The van der Waals surface area contributed by atoms with Crippen molar-refractivity contribution in [1.29, 1.82) is 0 Å². The molecule has 1 saturated heterocycles. The number of anilines is 3. The summed E-state index contributed by atoms with van der Waals surface area (Å²) in [4.78, 5) is 32.5. The molecule has 2 aromatic rings.